The standard InChI is InChI=1S/C20H19F3N6O2S/c1-11-16(12-6-3-2-4-7-12)17(13-8-5-9-15(13)25-11)26-20(30)28-32(24,31)18-14(21)10-29(27-18)19(22)23/h2-4,6-7,10,19H,5,8-9H2,1H3,(H3,24,25,26,28,30,31). The number of amides is 2. The van der Waals surface area contributed by atoms with E-state index < -0.39 is 33.3 Å². The van der Waals surface area contributed by atoms with E-state index in [-0.39, 0.29) is 4.68 Å². The highest BCUT2D eigenvalue weighted by atomic mass is 32.2. The van der Waals surface area contributed by atoms with Crippen LogP contribution in [0.2, 0.25) is 0 Å². The molecule has 1 unspecified atom stereocenters. The number of nitrogens with one attached hydrogen (secondary N) is 1. The molecule has 4 rings (SSSR count). The Labute approximate surface area is 182 Å². The van der Waals surface area contributed by atoms with Crippen LogP contribution in [-0.4, -0.2) is 25.0 Å². The van der Waals surface area contributed by atoms with Crippen LogP contribution in [0.4, 0.5) is 23.7 Å². The minimum atomic E-state index is -4.22. The predicted octanol–water partition coefficient (Wildman–Crippen LogP) is 4.21. The van der Waals surface area contributed by atoms with Gasteiger partial charge in [-0.05, 0) is 37.3 Å². The van der Waals surface area contributed by atoms with Crippen molar-refractivity contribution in [2.45, 2.75) is 37.8 Å². The minimum absolute atomic E-state index is 0.0444. The van der Waals surface area contributed by atoms with Gasteiger partial charge in [-0.3, -0.25) is 4.98 Å². The maximum Gasteiger partial charge on any atom is 0.354 e. The maximum atomic E-state index is 14.0. The maximum absolute atomic E-state index is 14.0. The number of hydrogen-bond donors (Lipinski definition) is 2. The fraction of sp³-hybridized carbons (Fsp3) is 0.250. The molecule has 1 aliphatic carbocycles. The molecule has 0 radical (unpaired) electrons. The van der Waals surface area contributed by atoms with Gasteiger partial charge in [0.05, 0.1) is 11.9 Å². The van der Waals surface area contributed by atoms with Crippen molar-refractivity contribution in [1.82, 2.24) is 14.8 Å². The average Bonchev–Trinajstić information content (AvgIpc) is 3.35. The number of carbonyl (C=O) groups is 1. The number of alkyl halides is 2. The molecule has 3 N–H and O–H groups in total. The van der Waals surface area contributed by atoms with Gasteiger partial charge >= 0.3 is 12.6 Å². The van der Waals surface area contributed by atoms with Gasteiger partial charge in [0.2, 0.25) is 5.03 Å². The zero-order valence-corrected chi connectivity index (χ0v) is 17.7. The quantitative estimate of drug-likeness (QED) is 0.602. The summed E-state index contributed by atoms with van der Waals surface area (Å²) in [5.74, 6) is -1.35. The fourth-order valence-corrected chi connectivity index (χ4v) is 4.68. The van der Waals surface area contributed by atoms with Crippen molar-refractivity contribution >= 4 is 21.6 Å². The smallest absolute Gasteiger partial charge is 0.304 e. The summed E-state index contributed by atoms with van der Waals surface area (Å²) in [7, 11) is -4.22. The lowest BCUT2D eigenvalue weighted by Crippen LogP contribution is -2.20. The van der Waals surface area contributed by atoms with Gasteiger partial charge in [-0.15, -0.1) is 4.36 Å². The van der Waals surface area contributed by atoms with Crippen LogP contribution < -0.4 is 10.5 Å². The molecule has 0 aliphatic heterocycles. The lowest BCUT2D eigenvalue weighted by atomic mass is 9.98. The van der Waals surface area contributed by atoms with Crippen molar-refractivity contribution in [2.24, 2.45) is 9.50 Å². The first kappa shape index (κ1) is 22.0. The summed E-state index contributed by atoms with van der Waals surface area (Å²) in [6.45, 7) is -1.36. The van der Waals surface area contributed by atoms with Crippen molar-refractivity contribution in [3.63, 3.8) is 0 Å². The van der Waals surface area contributed by atoms with Crippen LogP contribution in [0.5, 0.6) is 0 Å². The number of fused-ring (bicyclic) bond motifs is 1. The van der Waals surface area contributed by atoms with E-state index in [2.05, 4.69) is 19.8 Å². The predicted molar refractivity (Wildman–Crippen MR) is 112 cm³/mol. The van der Waals surface area contributed by atoms with E-state index in [1.54, 1.807) is 0 Å². The second kappa shape index (κ2) is 8.36. The van der Waals surface area contributed by atoms with Gasteiger partial charge in [-0.25, -0.2) is 23.2 Å². The van der Waals surface area contributed by atoms with Gasteiger partial charge in [0.1, 0.15) is 0 Å². The van der Waals surface area contributed by atoms with E-state index in [0.29, 0.717) is 29.6 Å². The molecule has 0 spiro atoms. The van der Waals surface area contributed by atoms with E-state index in [9.17, 15) is 22.2 Å². The summed E-state index contributed by atoms with van der Waals surface area (Å²) in [4.78, 5) is 17.3. The molecule has 0 bridgehead atoms. The van der Waals surface area contributed by atoms with Crippen molar-refractivity contribution in [1.29, 1.82) is 0 Å². The summed E-state index contributed by atoms with van der Waals surface area (Å²) < 4.78 is 55.5. The Morgan fingerprint density at radius 2 is 2.00 bits per heavy atom. The van der Waals surface area contributed by atoms with Gasteiger partial charge in [-0.1, -0.05) is 30.3 Å². The summed E-state index contributed by atoms with van der Waals surface area (Å²) in [5, 5.41) is 10.3. The number of aryl methyl sites for hydroxylation is 2. The number of benzene rings is 1. The number of anilines is 1. The molecule has 2 heterocycles. The topological polar surface area (TPSA) is 115 Å². The normalized spacial score (nSPS) is 14.8. The molecule has 0 saturated heterocycles. The lowest BCUT2D eigenvalue weighted by molar-refractivity contribution is 0.0552. The van der Waals surface area contributed by atoms with Crippen LogP contribution in [0.25, 0.3) is 11.1 Å². The molecule has 0 fully saturated rings. The first-order valence-electron chi connectivity index (χ1n) is 9.64. The molecule has 1 aromatic carbocycles. The third-order valence-electron chi connectivity index (χ3n) is 5.05. The average molecular weight is 464 g/mol. The van der Waals surface area contributed by atoms with Crippen molar-refractivity contribution in [3.8, 4) is 11.1 Å². The first-order chi connectivity index (χ1) is 15.2. The minimum Gasteiger partial charge on any atom is -0.304 e. The molecule has 1 atom stereocenters. The van der Waals surface area contributed by atoms with Crippen LogP contribution in [0.15, 0.2) is 45.9 Å². The molecule has 12 heteroatoms. The number of nitrogens with two attached hydrogens (primary N) is 1. The molecule has 0 saturated carbocycles. The summed E-state index contributed by atoms with van der Waals surface area (Å²) in [6.07, 6.45) is 2.61. The zero-order valence-electron chi connectivity index (χ0n) is 16.9. The Morgan fingerprint density at radius 3 is 2.66 bits per heavy atom. The monoisotopic (exact) mass is 464 g/mol. The molecule has 8 nitrogen and oxygen atoms in total. The van der Waals surface area contributed by atoms with E-state index in [4.69, 9.17) is 5.14 Å². The van der Waals surface area contributed by atoms with Crippen molar-refractivity contribution in [3.05, 3.63) is 59.3 Å². The van der Waals surface area contributed by atoms with Crippen LogP contribution in [-0.2, 0) is 22.8 Å². The molecule has 2 amide bonds. The van der Waals surface area contributed by atoms with E-state index in [1.165, 1.54) is 0 Å². The number of carbonyl (C=O) groups excluding carboxylic acids is 1. The van der Waals surface area contributed by atoms with Crippen molar-refractivity contribution in [2.75, 3.05) is 5.32 Å². The number of rotatable bonds is 4. The highest BCUT2D eigenvalue weighted by Crippen LogP contribution is 2.38. The first-order valence-corrected chi connectivity index (χ1v) is 11.2. The largest absolute Gasteiger partial charge is 0.354 e. The third kappa shape index (κ3) is 4.10. The molecular formula is C20H19F3N6O2S. The van der Waals surface area contributed by atoms with Gasteiger partial charge < -0.3 is 5.32 Å². The Morgan fingerprint density at radius 1 is 1.28 bits per heavy atom. The second-order valence-corrected chi connectivity index (χ2v) is 8.93. The summed E-state index contributed by atoms with van der Waals surface area (Å²) in [5.41, 5.74) is 4.28. The number of aromatic nitrogens is 3. The van der Waals surface area contributed by atoms with Gasteiger partial charge in [-0.2, -0.15) is 13.9 Å². The Bertz CT molecular complexity index is 1320. The zero-order chi connectivity index (χ0) is 23.0. The molecule has 1 aliphatic rings. The van der Waals surface area contributed by atoms with Crippen LogP contribution in [0.1, 0.15) is 29.9 Å². The van der Waals surface area contributed by atoms with Crippen LogP contribution in [0, 0.1) is 12.7 Å². The Hall–Kier alpha value is -3.25. The number of pyridine rings is 1. The SMILES string of the molecule is Cc1nc2c(c(NC(=O)N=S(N)(=O)c3nn(C(F)F)cc3F)c1-c1ccccc1)CCC2. The lowest BCUT2D eigenvalue weighted by Gasteiger charge is -2.17. The van der Waals surface area contributed by atoms with E-state index >= 15 is 0 Å². The van der Waals surface area contributed by atoms with Crippen LogP contribution >= 0.6 is 0 Å². The van der Waals surface area contributed by atoms with Crippen LogP contribution in [0.3, 0.4) is 0 Å². The molecular weight excluding hydrogens is 445 g/mol. The molecule has 32 heavy (non-hydrogen) atoms. The number of halogens is 3. The molecule has 168 valence electrons. The third-order valence-corrected chi connectivity index (χ3v) is 6.32. The van der Waals surface area contributed by atoms with Gasteiger partial charge in [0.15, 0.2) is 15.7 Å². The number of hydrogen-bond acceptors (Lipinski definition) is 4. The number of nitrogens with zero attached hydrogens (tertiary/aromatic N) is 4. The highest BCUT2D eigenvalue weighted by molar-refractivity contribution is 7.91. The van der Waals surface area contributed by atoms with E-state index in [1.807, 2.05) is 37.3 Å². The summed E-state index contributed by atoms with van der Waals surface area (Å²) >= 11 is 0. The summed E-state index contributed by atoms with van der Waals surface area (Å²) in [6, 6.07) is 8.14. The van der Waals surface area contributed by atoms with E-state index in [0.717, 1.165) is 29.7 Å². The second-order valence-electron chi connectivity index (χ2n) is 7.22. The Kier molecular flexibility index (Phi) is 5.73. The molecule has 2 aromatic heterocycles. The van der Waals surface area contributed by atoms with Gasteiger partial charge in [0, 0.05) is 17.0 Å². The van der Waals surface area contributed by atoms with Crippen molar-refractivity contribution < 1.29 is 22.2 Å². The number of urea groups is 1. The Balaban J connectivity index is 1.76. The fourth-order valence-electron chi connectivity index (χ4n) is 3.75. The highest BCUT2D eigenvalue weighted by Gasteiger charge is 2.26. The molecule has 3 aromatic rings. The van der Waals surface area contributed by atoms with Gasteiger partial charge in [0.25, 0.3) is 0 Å².